The number of fused-ring (bicyclic) bond motifs is 1. The Labute approximate surface area is 277 Å². The fourth-order valence-electron chi connectivity index (χ4n) is 4.11. The minimum absolute atomic E-state index is 0.0277. The van der Waals surface area contributed by atoms with Crippen molar-refractivity contribution >= 4 is 80.2 Å². The number of pyridine rings is 1. The van der Waals surface area contributed by atoms with E-state index in [0.717, 1.165) is 10.3 Å². The fourth-order valence-corrected chi connectivity index (χ4v) is 5.09. The van der Waals surface area contributed by atoms with Crippen molar-refractivity contribution in [3.8, 4) is 5.75 Å². The molecule has 0 fully saturated rings. The van der Waals surface area contributed by atoms with Gasteiger partial charge in [0.1, 0.15) is 11.2 Å². The largest absolute Gasteiger partial charge is 0.485 e. The summed E-state index contributed by atoms with van der Waals surface area (Å²) in [4.78, 5) is 54.6. The van der Waals surface area contributed by atoms with Gasteiger partial charge in [0, 0.05) is 42.5 Å². The molecule has 45 heavy (non-hydrogen) atoms. The van der Waals surface area contributed by atoms with Gasteiger partial charge in [0.2, 0.25) is 17.7 Å². The number of rotatable bonds is 11. The second kappa shape index (κ2) is 15.1. The number of halogens is 3. The molecule has 3 N–H and O–H groups in total. The van der Waals surface area contributed by atoms with E-state index in [2.05, 4.69) is 36.9 Å². The van der Waals surface area contributed by atoms with Gasteiger partial charge >= 0.3 is 0 Å². The van der Waals surface area contributed by atoms with Crippen LogP contribution >= 0.6 is 39.1 Å². The molecule has 4 rings (SSSR count). The molecule has 0 aliphatic carbocycles. The third-order valence-corrected chi connectivity index (χ3v) is 8.42. The summed E-state index contributed by atoms with van der Waals surface area (Å²) in [6.45, 7) is 1.49. The Kier molecular flexibility index (Phi) is 11.2. The number of hydrogen-bond acceptors (Lipinski definition) is 6. The SMILES string of the molecule is CNC(=O)CNC(=O)c1ccc(/C=C/C(=O)NCC(=O)N(C)c2ccc(Cl)c(COc3cccn4c(Br)c(C)nc34)c2Cl)cc1. The maximum Gasteiger partial charge on any atom is 0.251 e. The second-order valence-electron chi connectivity index (χ2n) is 9.68. The van der Waals surface area contributed by atoms with Crippen LogP contribution in [0.4, 0.5) is 5.69 Å². The van der Waals surface area contributed by atoms with E-state index in [1.165, 1.54) is 18.0 Å². The Balaban J connectivity index is 1.34. The average Bonchev–Trinajstić information content (AvgIpc) is 3.34. The van der Waals surface area contributed by atoms with Gasteiger partial charge in [0.15, 0.2) is 11.4 Å². The van der Waals surface area contributed by atoms with E-state index < -0.39 is 17.7 Å². The number of carbonyl (C=O) groups excluding carboxylic acids is 4. The zero-order valence-electron chi connectivity index (χ0n) is 24.5. The molecule has 4 amide bonds. The van der Waals surface area contributed by atoms with Crippen LogP contribution < -0.4 is 25.6 Å². The number of amides is 4. The van der Waals surface area contributed by atoms with Crippen molar-refractivity contribution < 1.29 is 23.9 Å². The predicted octanol–water partition coefficient (Wildman–Crippen LogP) is 4.56. The van der Waals surface area contributed by atoms with Crippen LogP contribution in [0, 0.1) is 6.92 Å². The molecule has 0 aliphatic heterocycles. The Morgan fingerprint density at radius 3 is 2.49 bits per heavy atom. The van der Waals surface area contributed by atoms with Crippen LogP contribution in [0.5, 0.6) is 5.75 Å². The second-order valence-corrected chi connectivity index (χ2v) is 11.2. The molecular weight excluding hydrogens is 687 g/mol. The van der Waals surface area contributed by atoms with Crippen molar-refractivity contribution in [2.45, 2.75) is 13.5 Å². The van der Waals surface area contributed by atoms with Crippen LogP contribution in [-0.4, -0.2) is 60.2 Å². The summed E-state index contributed by atoms with van der Waals surface area (Å²) in [6.07, 6.45) is 4.68. The van der Waals surface area contributed by atoms with Gasteiger partial charge in [-0.25, -0.2) is 4.98 Å². The van der Waals surface area contributed by atoms with Crippen LogP contribution in [0.1, 0.15) is 27.2 Å². The molecule has 2 aromatic heterocycles. The maximum atomic E-state index is 12.9. The van der Waals surface area contributed by atoms with E-state index in [4.69, 9.17) is 27.9 Å². The number of nitrogens with one attached hydrogen (secondary N) is 3. The summed E-state index contributed by atoms with van der Waals surface area (Å²) in [5, 5.41) is 8.09. The summed E-state index contributed by atoms with van der Waals surface area (Å²) >= 11 is 16.6. The number of imidazole rings is 1. The smallest absolute Gasteiger partial charge is 0.251 e. The standard InChI is InChI=1S/C31H29BrCl2N6O5/c1-18-29(32)40-14-4-5-24(30(40)38-18)45-17-21-22(33)11-12-23(28(21)34)39(3)27(43)16-36-25(41)13-8-19-6-9-20(10-7-19)31(44)37-15-26(42)35-2/h4-14H,15-17H2,1-3H3,(H,35,42)(H,36,41)(H,37,44)/b13-8+. The third kappa shape index (κ3) is 8.21. The van der Waals surface area contributed by atoms with Crippen LogP contribution in [0.25, 0.3) is 11.7 Å². The Bertz CT molecular complexity index is 1790. The van der Waals surface area contributed by atoms with Gasteiger partial charge in [-0.3, -0.25) is 23.6 Å². The fraction of sp³-hybridized carbons (Fsp3) is 0.194. The Hall–Kier alpha value is -4.39. The summed E-state index contributed by atoms with van der Waals surface area (Å²) in [5.41, 5.74) is 3.34. The number of hydrogen-bond donors (Lipinski definition) is 3. The molecule has 0 unspecified atom stereocenters. The lowest BCUT2D eigenvalue weighted by molar-refractivity contribution is -0.122. The molecule has 0 atom stereocenters. The first-order chi connectivity index (χ1) is 21.5. The number of nitrogens with zero attached hydrogens (tertiary/aromatic N) is 3. The monoisotopic (exact) mass is 714 g/mol. The molecular formula is C31H29BrCl2N6O5. The van der Waals surface area contributed by atoms with Gasteiger partial charge in [0.25, 0.3) is 5.91 Å². The van der Waals surface area contributed by atoms with Crippen molar-refractivity contribution in [1.82, 2.24) is 25.3 Å². The number of aryl methyl sites for hydroxylation is 1. The quantitative estimate of drug-likeness (QED) is 0.195. The molecule has 14 heteroatoms. The minimum Gasteiger partial charge on any atom is -0.485 e. The highest BCUT2D eigenvalue weighted by molar-refractivity contribution is 9.10. The van der Waals surface area contributed by atoms with Gasteiger partial charge in [-0.1, -0.05) is 35.3 Å². The maximum absolute atomic E-state index is 12.9. The van der Waals surface area contributed by atoms with Crippen LogP contribution in [0.3, 0.4) is 0 Å². The number of ether oxygens (including phenoxy) is 1. The van der Waals surface area contributed by atoms with Crippen LogP contribution in [0.2, 0.25) is 10.0 Å². The molecule has 0 bridgehead atoms. The van der Waals surface area contributed by atoms with Crippen LogP contribution in [-0.2, 0) is 21.0 Å². The molecule has 2 heterocycles. The van der Waals surface area contributed by atoms with Crippen molar-refractivity contribution in [2.75, 3.05) is 32.1 Å². The molecule has 2 aromatic carbocycles. The van der Waals surface area contributed by atoms with Crippen molar-refractivity contribution in [3.05, 3.63) is 97.8 Å². The Morgan fingerprint density at radius 2 is 1.78 bits per heavy atom. The third-order valence-electron chi connectivity index (χ3n) is 6.69. The first-order valence-corrected chi connectivity index (χ1v) is 15.1. The summed E-state index contributed by atoms with van der Waals surface area (Å²) in [6, 6.07) is 13.3. The molecule has 0 aliphatic rings. The lowest BCUT2D eigenvalue weighted by Crippen LogP contribution is -2.37. The topological polar surface area (TPSA) is 134 Å². The average molecular weight is 716 g/mol. The van der Waals surface area contributed by atoms with Gasteiger partial charge < -0.3 is 25.6 Å². The summed E-state index contributed by atoms with van der Waals surface area (Å²) < 4.78 is 8.72. The zero-order valence-corrected chi connectivity index (χ0v) is 27.6. The highest BCUT2D eigenvalue weighted by Gasteiger charge is 2.20. The zero-order chi connectivity index (χ0) is 32.7. The molecule has 11 nitrogen and oxygen atoms in total. The van der Waals surface area contributed by atoms with E-state index in [9.17, 15) is 19.2 Å². The lowest BCUT2D eigenvalue weighted by atomic mass is 10.1. The highest BCUT2D eigenvalue weighted by atomic mass is 79.9. The normalized spacial score (nSPS) is 11.0. The van der Waals surface area contributed by atoms with Gasteiger partial charge in [-0.05, 0) is 70.9 Å². The summed E-state index contributed by atoms with van der Waals surface area (Å²) in [5.74, 6) is -1.08. The number of aromatic nitrogens is 2. The van der Waals surface area contributed by atoms with Gasteiger partial charge in [-0.15, -0.1) is 0 Å². The van der Waals surface area contributed by atoms with Crippen molar-refractivity contribution in [1.29, 1.82) is 0 Å². The van der Waals surface area contributed by atoms with Gasteiger partial charge in [-0.2, -0.15) is 0 Å². The predicted molar refractivity (Wildman–Crippen MR) is 177 cm³/mol. The molecule has 0 saturated heterocycles. The molecule has 0 saturated carbocycles. The number of anilines is 1. The highest BCUT2D eigenvalue weighted by Crippen LogP contribution is 2.35. The molecule has 234 valence electrons. The van der Waals surface area contributed by atoms with Gasteiger partial charge in [0.05, 0.1) is 29.5 Å². The number of benzene rings is 2. The number of likely N-dealkylation sites (N-methyl/N-ethyl adjacent to an activating group) is 2. The van der Waals surface area contributed by atoms with E-state index in [1.54, 1.807) is 55.6 Å². The molecule has 0 spiro atoms. The van der Waals surface area contributed by atoms with Crippen molar-refractivity contribution in [3.63, 3.8) is 0 Å². The van der Waals surface area contributed by atoms with Crippen LogP contribution in [0.15, 0.2) is 65.4 Å². The van der Waals surface area contributed by atoms with Crippen molar-refractivity contribution in [2.24, 2.45) is 0 Å². The number of carbonyl (C=O) groups is 4. The van der Waals surface area contributed by atoms with E-state index in [-0.39, 0.29) is 30.6 Å². The minimum atomic E-state index is -0.490. The lowest BCUT2D eigenvalue weighted by Gasteiger charge is -2.21. The Morgan fingerprint density at radius 1 is 1.04 bits per heavy atom. The first-order valence-electron chi connectivity index (χ1n) is 13.5. The summed E-state index contributed by atoms with van der Waals surface area (Å²) in [7, 11) is 3.02. The van der Waals surface area contributed by atoms with E-state index >= 15 is 0 Å². The first kappa shape index (κ1) is 33.5. The molecule has 4 aromatic rings. The van der Waals surface area contributed by atoms with E-state index in [0.29, 0.717) is 38.8 Å². The molecule has 0 radical (unpaired) electrons. The van der Waals surface area contributed by atoms with E-state index in [1.807, 2.05) is 23.6 Å².